The van der Waals surface area contributed by atoms with Crippen molar-refractivity contribution in [1.29, 1.82) is 0 Å². The normalized spacial score (nSPS) is 30.5. The lowest BCUT2D eigenvalue weighted by molar-refractivity contribution is -0.00694. The molecule has 90 valence electrons. The van der Waals surface area contributed by atoms with Crippen molar-refractivity contribution in [1.82, 2.24) is 15.5 Å². The second-order valence-corrected chi connectivity index (χ2v) is 4.81. The quantitative estimate of drug-likeness (QED) is 0.726. The highest BCUT2D eigenvalue weighted by atomic mass is 16.3. The van der Waals surface area contributed by atoms with Gasteiger partial charge < -0.3 is 10.4 Å². The average molecular weight is 223 g/mol. The fourth-order valence-electron chi connectivity index (χ4n) is 2.35. The molecule has 0 bridgehead atoms. The Balaban J connectivity index is 1.73. The number of rotatable bonds is 4. The molecule has 1 aromatic rings. The van der Waals surface area contributed by atoms with E-state index in [1.54, 1.807) is 6.20 Å². The third-order valence-electron chi connectivity index (χ3n) is 3.71. The summed E-state index contributed by atoms with van der Waals surface area (Å²) in [7, 11) is 0. The van der Waals surface area contributed by atoms with Gasteiger partial charge in [0.2, 0.25) is 0 Å². The van der Waals surface area contributed by atoms with Crippen molar-refractivity contribution in [2.75, 3.05) is 0 Å². The first-order valence-electron chi connectivity index (χ1n) is 6.16. The van der Waals surface area contributed by atoms with Gasteiger partial charge in [0.05, 0.1) is 5.60 Å². The Morgan fingerprint density at radius 1 is 1.56 bits per heavy atom. The summed E-state index contributed by atoms with van der Waals surface area (Å²) < 4.78 is 0. The molecule has 1 fully saturated rings. The van der Waals surface area contributed by atoms with E-state index in [1.807, 2.05) is 6.07 Å². The zero-order valence-electron chi connectivity index (χ0n) is 9.87. The number of hydrogen-bond acceptors (Lipinski definition) is 3. The van der Waals surface area contributed by atoms with E-state index in [2.05, 4.69) is 22.4 Å². The molecule has 0 spiro atoms. The Morgan fingerprint density at radius 2 is 2.31 bits per heavy atom. The summed E-state index contributed by atoms with van der Waals surface area (Å²) in [5.74, 6) is 0. The highest BCUT2D eigenvalue weighted by Crippen LogP contribution is 2.30. The van der Waals surface area contributed by atoms with E-state index in [4.69, 9.17) is 0 Å². The van der Waals surface area contributed by atoms with E-state index < -0.39 is 5.60 Å². The van der Waals surface area contributed by atoms with E-state index in [0.29, 0.717) is 6.04 Å². The highest BCUT2D eigenvalue weighted by molar-refractivity contribution is 4.97. The van der Waals surface area contributed by atoms with Crippen LogP contribution in [0.3, 0.4) is 0 Å². The first-order valence-corrected chi connectivity index (χ1v) is 6.16. The molecule has 1 heterocycles. The van der Waals surface area contributed by atoms with Crippen molar-refractivity contribution in [2.45, 2.75) is 57.2 Å². The highest BCUT2D eigenvalue weighted by Gasteiger charge is 2.30. The van der Waals surface area contributed by atoms with Crippen molar-refractivity contribution >= 4 is 0 Å². The van der Waals surface area contributed by atoms with Crippen LogP contribution in [0.4, 0.5) is 0 Å². The van der Waals surface area contributed by atoms with E-state index in [9.17, 15) is 5.11 Å². The van der Waals surface area contributed by atoms with Gasteiger partial charge in [-0.15, -0.1) is 0 Å². The number of aromatic amines is 1. The average Bonchev–Trinajstić information content (AvgIpc) is 2.81. The van der Waals surface area contributed by atoms with Gasteiger partial charge >= 0.3 is 0 Å². The third-order valence-corrected chi connectivity index (χ3v) is 3.71. The number of nitrogens with one attached hydrogen (secondary N) is 2. The molecular formula is C12H21N3O. The van der Waals surface area contributed by atoms with Crippen LogP contribution in [0.15, 0.2) is 12.3 Å². The molecule has 0 aliphatic heterocycles. The van der Waals surface area contributed by atoms with Crippen molar-refractivity contribution in [3.05, 3.63) is 18.0 Å². The van der Waals surface area contributed by atoms with Gasteiger partial charge in [-0.2, -0.15) is 5.10 Å². The minimum atomic E-state index is -0.397. The lowest BCUT2D eigenvalue weighted by Gasteiger charge is -2.35. The topological polar surface area (TPSA) is 60.9 Å². The van der Waals surface area contributed by atoms with Crippen LogP contribution in [0.25, 0.3) is 0 Å². The Hall–Kier alpha value is -0.870. The molecular weight excluding hydrogens is 202 g/mol. The molecule has 3 N–H and O–H groups in total. The number of H-pyrrole nitrogens is 1. The van der Waals surface area contributed by atoms with Crippen LogP contribution in [0.5, 0.6) is 0 Å². The van der Waals surface area contributed by atoms with Crippen molar-refractivity contribution in [3.63, 3.8) is 0 Å². The van der Waals surface area contributed by atoms with Gasteiger partial charge in [-0.05, 0) is 38.2 Å². The number of hydrogen-bond donors (Lipinski definition) is 3. The molecule has 1 saturated carbocycles. The Morgan fingerprint density at radius 3 is 2.88 bits per heavy atom. The summed E-state index contributed by atoms with van der Waals surface area (Å²) in [6.07, 6.45) is 6.62. The molecule has 0 radical (unpaired) electrons. The van der Waals surface area contributed by atoms with Crippen LogP contribution in [0, 0.1) is 0 Å². The summed E-state index contributed by atoms with van der Waals surface area (Å²) in [5.41, 5.74) is 0.725. The minimum Gasteiger partial charge on any atom is -0.390 e. The molecule has 1 aliphatic carbocycles. The minimum absolute atomic E-state index is 0.397. The first-order chi connectivity index (χ1) is 7.72. The van der Waals surface area contributed by atoms with Gasteiger partial charge in [-0.3, -0.25) is 5.10 Å². The largest absolute Gasteiger partial charge is 0.390 e. The predicted octanol–water partition coefficient (Wildman–Crippen LogP) is 1.58. The molecule has 0 aromatic carbocycles. The fourth-order valence-corrected chi connectivity index (χ4v) is 2.35. The molecule has 0 saturated heterocycles. The van der Waals surface area contributed by atoms with Crippen molar-refractivity contribution < 1.29 is 5.11 Å². The summed E-state index contributed by atoms with van der Waals surface area (Å²) in [4.78, 5) is 0. The lowest BCUT2D eigenvalue weighted by Crippen LogP contribution is -2.40. The van der Waals surface area contributed by atoms with Gasteiger partial charge in [-0.25, -0.2) is 0 Å². The summed E-state index contributed by atoms with van der Waals surface area (Å²) in [5, 5.41) is 20.5. The van der Waals surface area contributed by atoms with Crippen molar-refractivity contribution in [3.8, 4) is 0 Å². The van der Waals surface area contributed by atoms with Crippen LogP contribution >= 0.6 is 0 Å². The second-order valence-electron chi connectivity index (χ2n) is 4.81. The zero-order chi connectivity index (χ0) is 11.4. The van der Waals surface area contributed by atoms with Gasteiger partial charge in [0.15, 0.2) is 0 Å². The van der Waals surface area contributed by atoms with Gasteiger partial charge in [-0.1, -0.05) is 6.92 Å². The maximum Gasteiger partial charge on any atom is 0.0646 e. The lowest BCUT2D eigenvalue weighted by atomic mass is 9.80. The Bertz CT molecular complexity index is 302. The van der Waals surface area contributed by atoms with Crippen LogP contribution in [-0.4, -0.2) is 26.9 Å². The van der Waals surface area contributed by atoms with Crippen LogP contribution in [-0.2, 0) is 6.54 Å². The number of aliphatic hydroxyl groups is 1. The molecule has 4 nitrogen and oxygen atoms in total. The van der Waals surface area contributed by atoms with E-state index >= 15 is 0 Å². The molecule has 2 rings (SSSR count). The number of nitrogens with zero attached hydrogens (tertiary/aromatic N) is 1. The van der Waals surface area contributed by atoms with Gasteiger partial charge in [0.25, 0.3) is 0 Å². The standard InChI is InChI=1S/C12H21N3O/c1-2-12(16)6-3-10(4-7-12)13-9-11-5-8-14-15-11/h5,8,10,13,16H,2-4,6-7,9H2,1H3,(H,14,15). The molecule has 0 unspecified atom stereocenters. The van der Waals surface area contributed by atoms with Crippen LogP contribution < -0.4 is 5.32 Å². The van der Waals surface area contributed by atoms with Crippen molar-refractivity contribution in [2.24, 2.45) is 0 Å². The second kappa shape index (κ2) is 4.97. The third kappa shape index (κ3) is 2.83. The SMILES string of the molecule is CCC1(O)CCC(NCc2ccn[nH]2)CC1. The summed E-state index contributed by atoms with van der Waals surface area (Å²) in [6, 6.07) is 2.52. The smallest absolute Gasteiger partial charge is 0.0646 e. The van der Waals surface area contributed by atoms with E-state index in [-0.39, 0.29) is 0 Å². The first kappa shape index (κ1) is 11.6. The molecule has 0 atom stereocenters. The summed E-state index contributed by atoms with van der Waals surface area (Å²) >= 11 is 0. The van der Waals surface area contributed by atoms with Gasteiger partial charge in [0, 0.05) is 24.5 Å². The molecule has 1 aromatic heterocycles. The molecule has 4 heteroatoms. The van der Waals surface area contributed by atoms with E-state index in [0.717, 1.165) is 44.3 Å². The predicted molar refractivity (Wildman–Crippen MR) is 62.9 cm³/mol. The monoisotopic (exact) mass is 223 g/mol. The maximum atomic E-state index is 10.1. The van der Waals surface area contributed by atoms with E-state index in [1.165, 1.54) is 0 Å². The summed E-state index contributed by atoms with van der Waals surface area (Å²) in [6.45, 7) is 2.91. The Labute approximate surface area is 96.5 Å². The van der Waals surface area contributed by atoms with Crippen LogP contribution in [0.2, 0.25) is 0 Å². The van der Waals surface area contributed by atoms with Gasteiger partial charge in [0.1, 0.15) is 0 Å². The molecule has 0 amide bonds. The zero-order valence-corrected chi connectivity index (χ0v) is 9.87. The number of aromatic nitrogens is 2. The Kier molecular flexibility index (Phi) is 3.61. The molecule has 16 heavy (non-hydrogen) atoms. The van der Waals surface area contributed by atoms with Crippen LogP contribution in [0.1, 0.15) is 44.7 Å². The fraction of sp³-hybridized carbons (Fsp3) is 0.750. The maximum absolute atomic E-state index is 10.1. The molecule has 1 aliphatic rings.